The minimum atomic E-state index is 0.0319. The number of nitrogens with zero attached hydrogens (tertiary/aromatic N) is 1. The Bertz CT molecular complexity index is 1110. The van der Waals surface area contributed by atoms with E-state index in [1.54, 1.807) is 25.1 Å². The van der Waals surface area contributed by atoms with E-state index in [2.05, 4.69) is 16.7 Å². The van der Waals surface area contributed by atoms with Crippen LogP contribution in [0.25, 0.3) is 10.9 Å². The number of Topliss-reactive ketones (excluding diaryl/α,β-unsaturated/α-hetero) is 1. The van der Waals surface area contributed by atoms with Crippen LogP contribution in [0.1, 0.15) is 22.8 Å². The smallest absolute Gasteiger partial charge is 0.271 e. The van der Waals surface area contributed by atoms with E-state index in [4.69, 9.17) is 13.4 Å². The Morgan fingerprint density at radius 1 is 0.931 bits per heavy atom. The summed E-state index contributed by atoms with van der Waals surface area (Å²) < 4.78 is 12.7. The molecular formula is C23H19NO4S. The lowest BCUT2D eigenvalue weighted by atomic mass is 10.1. The molecule has 0 saturated heterocycles. The largest absolute Gasteiger partial charge is 0.398 e. The zero-order chi connectivity index (χ0) is 20.1. The number of hydrogen-bond donors (Lipinski definition) is 0. The molecule has 0 unspecified atom stereocenters. The summed E-state index contributed by atoms with van der Waals surface area (Å²) in [5.74, 6) is 1.22. The molecule has 0 amide bonds. The van der Waals surface area contributed by atoms with Gasteiger partial charge in [0.05, 0.1) is 5.52 Å². The van der Waals surface area contributed by atoms with Gasteiger partial charge < -0.3 is 13.6 Å². The average Bonchev–Trinajstić information content (AvgIpc) is 3.11. The normalized spacial score (nSPS) is 10.8. The van der Waals surface area contributed by atoms with Crippen LogP contribution in [0.15, 0.2) is 85.1 Å². The minimum absolute atomic E-state index is 0.0319. The maximum atomic E-state index is 12.1. The first-order chi connectivity index (χ1) is 14.2. The summed E-state index contributed by atoms with van der Waals surface area (Å²) in [6.45, 7) is 2.24. The van der Waals surface area contributed by atoms with Crippen LogP contribution in [-0.4, -0.2) is 10.4 Å². The fourth-order valence-electron chi connectivity index (χ4n) is 3.10. The van der Waals surface area contributed by atoms with Gasteiger partial charge in [-0.25, -0.2) is 0 Å². The van der Waals surface area contributed by atoms with Crippen molar-refractivity contribution in [1.29, 1.82) is 0 Å². The summed E-state index contributed by atoms with van der Waals surface area (Å²) >= 11 is 0.734. The minimum Gasteiger partial charge on any atom is -0.398 e. The van der Waals surface area contributed by atoms with E-state index in [-0.39, 0.29) is 5.78 Å². The molecule has 0 spiro atoms. The highest BCUT2D eigenvalue weighted by atomic mass is 32.2. The molecule has 0 aliphatic rings. The second-order valence-corrected chi connectivity index (χ2v) is 6.95. The first-order valence-corrected chi connectivity index (χ1v) is 9.78. The first-order valence-electron chi connectivity index (χ1n) is 9.11. The number of hydrogen-bond acceptors (Lipinski definition) is 5. The molecule has 0 aliphatic carbocycles. The Balaban J connectivity index is 1.52. The molecule has 1 heterocycles. The molecule has 29 heavy (non-hydrogen) atoms. The zero-order valence-corrected chi connectivity index (χ0v) is 16.6. The predicted molar refractivity (Wildman–Crippen MR) is 114 cm³/mol. The van der Waals surface area contributed by atoms with E-state index in [0.29, 0.717) is 23.6 Å². The topological polar surface area (TPSA) is 49.7 Å². The fourth-order valence-corrected chi connectivity index (χ4v) is 3.41. The van der Waals surface area contributed by atoms with Gasteiger partial charge in [-0.05, 0) is 36.8 Å². The quantitative estimate of drug-likeness (QED) is 0.121. The summed E-state index contributed by atoms with van der Waals surface area (Å²) in [5, 5.41) is 0.896. The van der Waals surface area contributed by atoms with Gasteiger partial charge in [-0.2, -0.15) is 0 Å². The van der Waals surface area contributed by atoms with Crippen LogP contribution in [0, 0.1) is 0 Å². The average molecular weight is 405 g/mol. The van der Waals surface area contributed by atoms with E-state index >= 15 is 0 Å². The third-order valence-electron chi connectivity index (χ3n) is 4.46. The molecule has 4 rings (SSSR count). The predicted octanol–water partition coefficient (Wildman–Crippen LogP) is 5.84. The molecule has 0 fully saturated rings. The third-order valence-corrected chi connectivity index (χ3v) is 4.84. The second kappa shape index (κ2) is 8.86. The molecule has 0 bridgehead atoms. The van der Waals surface area contributed by atoms with Crippen LogP contribution in [-0.2, 0) is 10.9 Å². The Morgan fingerprint density at radius 2 is 1.66 bits per heavy atom. The molecule has 3 aromatic carbocycles. The van der Waals surface area contributed by atoms with E-state index in [0.717, 1.165) is 28.8 Å². The van der Waals surface area contributed by atoms with Gasteiger partial charge in [0.15, 0.2) is 11.5 Å². The van der Waals surface area contributed by atoms with Crippen LogP contribution in [0.3, 0.4) is 0 Å². The van der Waals surface area contributed by atoms with E-state index < -0.39 is 0 Å². The van der Waals surface area contributed by atoms with E-state index in [1.165, 1.54) is 0 Å². The lowest BCUT2D eigenvalue weighted by Gasteiger charge is -2.07. The second-order valence-electron chi connectivity index (χ2n) is 6.51. The Morgan fingerprint density at radius 3 is 2.38 bits per heavy atom. The van der Waals surface area contributed by atoms with Gasteiger partial charge in [-0.3, -0.25) is 4.79 Å². The maximum absolute atomic E-state index is 12.1. The van der Waals surface area contributed by atoms with Crippen molar-refractivity contribution < 1.29 is 18.2 Å². The number of fused-ring (bicyclic) bond motifs is 1. The van der Waals surface area contributed by atoms with E-state index in [9.17, 15) is 4.79 Å². The molecule has 0 atom stereocenters. The summed E-state index contributed by atoms with van der Waals surface area (Å²) in [6, 6.07) is 24.9. The SMILES string of the molecule is CC(=O)c1cn(Cc2ccccc2)c2cc(OSOOc3ccccc3)ccc12. The molecule has 1 aromatic heterocycles. The molecule has 6 heteroatoms. The van der Waals surface area contributed by atoms with Crippen LogP contribution >= 0.6 is 12.3 Å². The lowest BCUT2D eigenvalue weighted by Crippen LogP contribution is -1.98. The van der Waals surface area contributed by atoms with Crippen molar-refractivity contribution in [2.75, 3.05) is 0 Å². The van der Waals surface area contributed by atoms with E-state index in [1.807, 2.05) is 54.7 Å². The van der Waals surface area contributed by atoms with Crippen molar-refractivity contribution in [2.45, 2.75) is 13.5 Å². The molecule has 0 saturated carbocycles. The summed E-state index contributed by atoms with van der Waals surface area (Å²) in [4.78, 5) is 17.2. The molecule has 146 valence electrons. The summed E-state index contributed by atoms with van der Waals surface area (Å²) in [6.07, 6.45) is 1.89. The highest BCUT2D eigenvalue weighted by Gasteiger charge is 2.13. The number of benzene rings is 3. The Kier molecular flexibility index (Phi) is 5.84. The van der Waals surface area contributed by atoms with Crippen molar-refractivity contribution in [1.82, 2.24) is 4.57 Å². The van der Waals surface area contributed by atoms with Crippen molar-refractivity contribution in [3.05, 3.63) is 96.2 Å². The highest BCUT2D eigenvalue weighted by Crippen LogP contribution is 2.29. The maximum Gasteiger partial charge on any atom is 0.271 e. The fraction of sp³-hybridized carbons (Fsp3) is 0.0870. The van der Waals surface area contributed by atoms with Gasteiger partial charge in [-0.1, -0.05) is 52.9 Å². The van der Waals surface area contributed by atoms with Crippen molar-refractivity contribution in [2.24, 2.45) is 0 Å². The number of aromatic nitrogens is 1. The molecule has 0 aliphatic heterocycles. The standard InChI is InChI=1S/C23H19NO4S/c1-17(25)22-16-24(15-18-8-4-2-5-9-18)23-14-20(12-13-21(22)23)27-29-28-26-19-10-6-3-7-11-19/h2-14,16H,15H2,1H3. The molecular weight excluding hydrogens is 386 g/mol. The van der Waals surface area contributed by atoms with Gasteiger partial charge >= 0.3 is 0 Å². The Labute approximate surface area is 173 Å². The molecule has 4 aromatic rings. The number of carbonyl (C=O) groups excluding carboxylic acids is 1. The first kappa shape index (κ1) is 19.1. The number of rotatable bonds is 8. The third kappa shape index (κ3) is 4.62. The van der Waals surface area contributed by atoms with Crippen LogP contribution < -0.4 is 9.07 Å². The van der Waals surface area contributed by atoms with Gasteiger partial charge in [-0.15, -0.1) is 0 Å². The Hall–Kier alpha value is -3.22. The molecule has 5 nitrogen and oxygen atoms in total. The summed E-state index contributed by atoms with van der Waals surface area (Å²) in [5.41, 5.74) is 2.76. The van der Waals surface area contributed by atoms with Gasteiger partial charge in [0.2, 0.25) is 0 Å². The highest BCUT2D eigenvalue weighted by molar-refractivity contribution is 7.90. The van der Waals surface area contributed by atoms with Crippen molar-refractivity contribution in [3.8, 4) is 11.5 Å². The number of para-hydroxylation sites is 1. The van der Waals surface area contributed by atoms with Gasteiger partial charge in [0.1, 0.15) is 5.75 Å². The number of carbonyl (C=O) groups is 1. The summed E-state index contributed by atoms with van der Waals surface area (Å²) in [7, 11) is 0. The van der Waals surface area contributed by atoms with Crippen LogP contribution in [0.5, 0.6) is 11.5 Å². The van der Waals surface area contributed by atoms with Gasteiger partial charge in [0.25, 0.3) is 12.3 Å². The molecule has 0 N–H and O–H groups in total. The monoisotopic (exact) mass is 405 g/mol. The number of ketones is 1. The lowest BCUT2D eigenvalue weighted by molar-refractivity contribution is -0.0833. The van der Waals surface area contributed by atoms with Crippen molar-refractivity contribution in [3.63, 3.8) is 0 Å². The van der Waals surface area contributed by atoms with Crippen LogP contribution in [0.2, 0.25) is 0 Å². The molecule has 0 radical (unpaired) electrons. The van der Waals surface area contributed by atoms with Crippen molar-refractivity contribution >= 4 is 29.0 Å². The zero-order valence-electron chi connectivity index (χ0n) is 15.8. The van der Waals surface area contributed by atoms with Gasteiger partial charge in [0, 0.05) is 29.8 Å². The van der Waals surface area contributed by atoms with Crippen LogP contribution in [0.4, 0.5) is 0 Å².